The Morgan fingerprint density at radius 3 is 2.62 bits per heavy atom. The molecule has 0 aliphatic carbocycles. The Balaban J connectivity index is 2.03. The quantitative estimate of drug-likeness (QED) is 0.530. The van der Waals surface area contributed by atoms with Crippen LogP contribution in [0.4, 0.5) is 5.69 Å². The van der Waals surface area contributed by atoms with Crippen molar-refractivity contribution in [3.63, 3.8) is 0 Å². The van der Waals surface area contributed by atoms with Gasteiger partial charge in [-0.15, -0.1) is 5.10 Å². The fourth-order valence-corrected chi connectivity index (χ4v) is 4.40. The number of benzene rings is 1. The van der Waals surface area contributed by atoms with Crippen LogP contribution in [0.5, 0.6) is 5.88 Å². The lowest BCUT2D eigenvalue weighted by Crippen LogP contribution is -2.17. The van der Waals surface area contributed by atoms with Gasteiger partial charge in [-0.2, -0.15) is 18.4 Å². The molecule has 12 heteroatoms. The molecule has 0 radical (unpaired) electrons. The monoisotopic (exact) mass is 483 g/mol. The number of ether oxygens (including phenoxy) is 2. The zero-order valence-corrected chi connectivity index (χ0v) is 18.5. The van der Waals surface area contributed by atoms with Crippen LogP contribution < -0.4 is 9.46 Å². The molecule has 154 valence electrons. The smallest absolute Gasteiger partial charge is 0.339 e. The third-order valence-corrected chi connectivity index (χ3v) is 5.91. The van der Waals surface area contributed by atoms with Crippen molar-refractivity contribution in [3.8, 4) is 5.88 Å². The average Bonchev–Trinajstić information content (AvgIpc) is 3.08. The van der Waals surface area contributed by atoms with Crippen molar-refractivity contribution in [2.75, 3.05) is 18.4 Å². The third kappa shape index (κ3) is 4.03. The second-order valence-electron chi connectivity index (χ2n) is 6.02. The minimum absolute atomic E-state index is 0.0730. The van der Waals surface area contributed by atoms with Crippen LogP contribution in [0.25, 0.3) is 5.78 Å². The lowest BCUT2D eigenvalue weighted by molar-refractivity contribution is 0.0525. The van der Waals surface area contributed by atoms with Gasteiger partial charge in [0.15, 0.2) is 0 Å². The summed E-state index contributed by atoms with van der Waals surface area (Å²) >= 11 is 3.29. The summed E-state index contributed by atoms with van der Waals surface area (Å²) in [6.07, 6.45) is 1.57. The van der Waals surface area contributed by atoms with Crippen molar-refractivity contribution in [3.05, 3.63) is 39.5 Å². The first-order valence-corrected chi connectivity index (χ1v) is 10.7. The fourth-order valence-electron chi connectivity index (χ4n) is 2.54. The van der Waals surface area contributed by atoms with Gasteiger partial charge in [0, 0.05) is 11.8 Å². The molecule has 0 saturated heterocycles. The van der Waals surface area contributed by atoms with E-state index >= 15 is 0 Å². The first-order chi connectivity index (χ1) is 13.7. The van der Waals surface area contributed by atoms with Gasteiger partial charge in [-0.05, 0) is 48.3 Å². The number of methoxy groups -OCH3 is 1. The SMILES string of the molecule is CCOC(=O)c1ccc(C)c(NS(=O)(=O)c2nc3nc(OC)c(C)cn3n2)c1Br. The first kappa shape index (κ1) is 21.0. The largest absolute Gasteiger partial charge is 0.481 e. The van der Waals surface area contributed by atoms with Gasteiger partial charge >= 0.3 is 5.97 Å². The molecule has 1 N–H and O–H groups in total. The van der Waals surface area contributed by atoms with E-state index in [1.807, 2.05) is 0 Å². The van der Waals surface area contributed by atoms with Crippen LogP contribution >= 0.6 is 15.9 Å². The zero-order valence-electron chi connectivity index (χ0n) is 16.1. The zero-order chi connectivity index (χ0) is 21.3. The summed E-state index contributed by atoms with van der Waals surface area (Å²) in [4.78, 5) is 20.2. The Bertz CT molecular complexity index is 1210. The lowest BCUT2D eigenvalue weighted by atomic mass is 10.1. The van der Waals surface area contributed by atoms with E-state index in [9.17, 15) is 13.2 Å². The summed E-state index contributed by atoms with van der Waals surface area (Å²) < 4.78 is 39.8. The predicted octanol–water partition coefficient (Wildman–Crippen LogP) is 2.49. The third-order valence-electron chi connectivity index (χ3n) is 3.96. The fraction of sp³-hybridized carbons (Fsp3) is 0.294. The van der Waals surface area contributed by atoms with Crippen LogP contribution in [0.15, 0.2) is 28.0 Å². The molecule has 3 rings (SSSR count). The summed E-state index contributed by atoms with van der Waals surface area (Å²) in [5, 5.41) is 3.53. The van der Waals surface area contributed by atoms with E-state index in [2.05, 4.69) is 35.7 Å². The van der Waals surface area contributed by atoms with E-state index in [1.165, 1.54) is 11.6 Å². The Kier molecular flexibility index (Phi) is 5.75. The Labute approximate surface area is 175 Å². The number of aryl methyl sites for hydroxylation is 2. The molecule has 0 amide bonds. The van der Waals surface area contributed by atoms with Crippen molar-refractivity contribution in [1.29, 1.82) is 0 Å². The molecule has 0 aliphatic rings. The molecular weight excluding hydrogens is 466 g/mol. The topological polar surface area (TPSA) is 125 Å². The van der Waals surface area contributed by atoms with Gasteiger partial charge in [0.2, 0.25) is 5.88 Å². The van der Waals surface area contributed by atoms with Gasteiger partial charge < -0.3 is 9.47 Å². The Hall–Kier alpha value is -2.73. The second kappa shape index (κ2) is 7.95. The molecule has 3 aromatic rings. The maximum atomic E-state index is 12.9. The number of fused-ring (bicyclic) bond motifs is 1. The minimum Gasteiger partial charge on any atom is -0.481 e. The molecule has 2 aromatic heterocycles. The van der Waals surface area contributed by atoms with Gasteiger partial charge in [-0.25, -0.2) is 9.31 Å². The highest BCUT2D eigenvalue weighted by atomic mass is 79.9. The van der Waals surface area contributed by atoms with Crippen LogP contribution in [0.3, 0.4) is 0 Å². The highest BCUT2D eigenvalue weighted by Crippen LogP contribution is 2.32. The lowest BCUT2D eigenvalue weighted by Gasteiger charge is -2.13. The highest BCUT2D eigenvalue weighted by molar-refractivity contribution is 9.10. The Morgan fingerprint density at radius 1 is 1.24 bits per heavy atom. The van der Waals surface area contributed by atoms with Gasteiger partial charge in [-0.3, -0.25) is 4.72 Å². The number of nitrogens with zero attached hydrogens (tertiary/aromatic N) is 4. The molecule has 0 atom stereocenters. The van der Waals surface area contributed by atoms with E-state index in [0.717, 1.165) is 0 Å². The number of aromatic nitrogens is 4. The second-order valence-corrected chi connectivity index (χ2v) is 8.39. The van der Waals surface area contributed by atoms with Gasteiger partial charge in [-0.1, -0.05) is 6.07 Å². The number of rotatable bonds is 6. The number of nitrogens with one attached hydrogen (secondary N) is 1. The number of hydrogen-bond acceptors (Lipinski definition) is 8. The summed E-state index contributed by atoms with van der Waals surface area (Å²) in [6, 6.07) is 3.17. The van der Waals surface area contributed by atoms with Crippen LogP contribution in [-0.4, -0.2) is 47.7 Å². The Morgan fingerprint density at radius 2 is 1.97 bits per heavy atom. The molecule has 0 spiro atoms. The molecule has 0 unspecified atom stereocenters. The van der Waals surface area contributed by atoms with Crippen molar-refractivity contribution in [2.45, 2.75) is 25.9 Å². The number of sulfonamides is 1. The summed E-state index contributed by atoms with van der Waals surface area (Å²) in [5.41, 5.74) is 1.65. The number of carbonyl (C=O) groups is 1. The first-order valence-electron chi connectivity index (χ1n) is 8.45. The summed E-state index contributed by atoms with van der Waals surface area (Å²) in [6.45, 7) is 5.33. The molecule has 0 fully saturated rings. The number of anilines is 1. The van der Waals surface area contributed by atoms with E-state index in [0.29, 0.717) is 17.0 Å². The van der Waals surface area contributed by atoms with Crippen LogP contribution in [0.2, 0.25) is 0 Å². The van der Waals surface area contributed by atoms with Crippen molar-refractivity contribution < 1.29 is 22.7 Å². The number of carbonyl (C=O) groups excluding carboxylic acids is 1. The van der Waals surface area contributed by atoms with E-state index in [-0.39, 0.29) is 28.1 Å². The maximum Gasteiger partial charge on any atom is 0.339 e. The van der Waals surface area contributed by atoms with Crippen molar-refractivity contribution in [1.82, 2.24) is 19.6 Å². The van der Waals surface area contributed by atoms with E-state index in [1.54, 1.807) is 39.1 Å². The van der Waals surface area contributed by atoms with E-state index in [4.69, 9.17) is 9.47 Å². The summed E-state index contributed by atoms with van der Waals surface area (Å²) in [5.74, 6) is -0.177. The standard InChI is InChI=1S/C17H18BrN5O5S/c1-5-28-15(24)11-7-6-9(2)13(12(11)18)22-29(25,26)17-20-16-19-14(27-4)10(3)8-23(16)21-17/h6-8,22H,5H2,1-4H3. The predicted molar refractivity (Wildman–Crippen MR) is 108 cm³/mol. The van der Waals surface area contributed by atoms with Crippen LogP contribution in [0, 0.1) is 13.8 Å². The van der Waals surface area contributed by atoms with Gasteiger partial charge in [0.1, 0.15) is 0 Å². The van der Waals surface area contributed by atoms with Crippen molar-refractivity contribution >= 4 is 43.4 Å². The molecule has 29 heavy (non-hydrogen) atoms. The molecule has 10 nitrogen and oxygen atoms in total. The maximum absolute atomic E-state index is 12.9. The van der Waals surface area contributed by atoms with E-state index < -0.39 is 21.1 Å². The average molecular weight is 484 g/mol. The number of esters is 1. The molecule has 0 aliphatic heterocycles. The van der Waals surface area contributed by atoms with Crippen LogP contribution in [0.1, 0.15) is 28.4 Å². The molecule has 0 bridgehead atoms. The van der Waals surface area contributed by atoms with Gasteiger partial charge in [0.05, 0.1) is 29.4 Å². The summed E-state index contributed by atoms with van der Waals surface area (Å²) in [7, 11) is -2.71. The van der Waals surface area contributed by atoms with Gasteiger partial charge in [0.25, 0.3) is 21.0 Å². The molecule has 0 saturated carbocycles. The minimum atomic E-state index is -4.16. The molecular formula is C17H18BrN5O5S. The molecule has 2 heterocycles. The molecule has 1 aromatic carbocycles. The normalized spacial score (nSPS) is 11.5. The van der Waals surface area contributed by atoms with Crippen LogP contribution in [-0.2, 0) is 14.8 Å². The van der Waals surface area contributed by atoms with Crippen molar-refractivity contribution in [2.24, 2.45) is 0 Å². The number of hydrogen-bond donors (Lipinski definition) is 1. The number of halogens is 1. The highest BCUT2D eigenvalue weighted by Gasteiger charge is 2.25.